The third kappa shape index (κ3) is 5.54. The van der Waals surface area contributed by atoms with E-state index in [2.05, 4.69) is 10.3 Å². The van der Waals surface area contributed by atoms with Gasteiger partial charge in [-0.2, -0.15) is 4.98 Å². The van der Waals surface area contributed by atoms with Crippen LogP contribution < -0.4 is 10.1 Å². The molecule has 3 aromatic rings. The van der Waals surface area contributed by atoms with Crippen molar-refractivity contribution in [2.45, 2.75) is 51.1 Å². The number of hydrogen-bond donors (Lipinski definition) is 1. The Balaban J connectivity index is 1.81. The van der Waals surface area contributed by atoms with Crippen LogP contribution in [0, 0.1) is 5.82 Å². The molecule has 0 radical (unpaired) electrons. The Bertz CT molecular complexity index is 1230. The molecule has 0 spiro atoms. The molecular weight excluding hydrogens is 471 g/mol. The van der Waals surface area contributed by atoms with E-state index in [1.807, 2.05) is 25.1 Å². The molecule has 7 nitrogen and oxygen atoms in total. The minimum Gasteiger partial charge on any atom is -0.481 e. The highest BCUT2D eigenvalue weighted by atomic mass is 19.3. The number of pyridine rings is 1. The zero-order valence-electron chi connectivity index (χ0n) is 21.2. The van der Waals surface area contributed by atoms with E-state index in [0.29, 0.717) is 55.2 Å². The van der Waals surface area contributed by atoms with Crippen LogP contribution in [0.3, 0.4) is 0 Å². The van der Waals surface area contributed by atoms with Crippen LogP contribution in [0.25, 0.3) is 11.0 Å². The molecule has 1 aliphatic rings. The van der Waals surface area contributed by atoms with Crippen molar-refractivity contribution in [3.8, 4) is 5.88 Å². The SMILES string of the molecule is COc1nc2nc(CN(C)C)nc(N[C@H](C)c3cccc(C(C)(F)F)c3F)c2cc1C1CCOCC1. The Morgan fingerprint density at radius 3 is 2.56 bits per heavy atom. The predicted molar refractivity (Wildman–Crippen MR) is 132 cm³/mol. The third-order valence-corrected chi connectivity index (χ3v) is 6.36. The first kappa shape index (κ1) is 26.1. The van der Waals surface area contributed by atoms with Crippen LogP contribution in [0.1, 0.15) is 61.2 Å². The number of anilines is 1. The van der Waals surface area contributed by atoms with Gasteiger partial charge in [-0.3, -0.25) is 0 Å². The average molecular weight is 504 g/mol. The predicted octanol–water partition coefficient (Wildman–Crippen LogP) is 5.41. The highest BCUT2D eigenvalue weighted by molar-refractivity contribution is 5.88. The zero-order valence-corrected chi connectivity index (χ0v) is 21.2. The van der Waals surface area contributed by atoms with Crippen LogP contribution >= 0.6 is 0 Å². The molecule has 2 aromatic heterocycles. The number of rotatable bonds is 8. The number of methoxy groups -OCH3 is 1. The summed E-state index contributed by atoms with van der Waals surface area (Å²) in [5.41, 5.74) is 0.869. The molecule has 0 bridgehead atoms. The maximum absolute atomic E-state index is 15.1. The standard InChI is InChI=1S/C26H32F3N5O2/c1-15(17-7-6-8-20(22(17)27)26(2,28)29)30-23-19-13-18(16-9-11-36-12-10-16)25(35-5)33-24(19)32-21(31-23)14-34(3)4/h6-8,13,15-16H,9-12,14H2,1-5H3,(H,30,31,32,33)/t15-/m1/s1. The van der Waals surface area contributed by atoms with Crippen LogP contribution in [-0.2, 0) is 17.2 Å². The molecule has 3 heterocycles. The van der Waals surface area contributed by atoms with Crippen molar-refractivity contribution in [2.24, 2.45) is 0 Å². The molecule has 0 unspecified atom stereocenters. The van der Waals surface area contributed by atoms with Crippen LogP contribution in [0.5, 0.6) is 5.88 Å². The van der Waals surface area contributed by atoms with Gasteiger partial charge in [0.25, 0.3) is 5.92 Å². The van der Waals surface area contributed by atoms with Crippen LogP contribution in [0.2, 0.25) is 0 Å². The first-order valence-electron chi connectivity index (χ1n) is 12.0. The summed E-state index contributed by atoms with van der Waals surface area (Å²) in [6, 6.07) is 5.37. The lowest BCUT2D eigenvalue weighted by atomic mass is 9.92. The number of fused-ring (bicyclic) bond motifs is 1. The molecule has 4 rings (SSSR count). The number of aromatic nitrogens is 3. The summed E-state index contributed by atoms with van der Waals surface area (Å²) in [5.74, 6) is -2.53. The fraction of sp³-hybridized carbons (Fsp3) is 0.500. The van der Waals surface area contributed by atoms with Crippen molar-refractivity contribution in [3.63, 3.8) is 0 Å². The number of ether oxygens (including phenoxy) is 2. The van der Waals surface area contributed by atoms with E-state index < -0.39 is 23.3 Å². The quantitative estimate of drug-likeness (QED) is 0.441. The molecule has 1 saturated heterocycles. The maximum atomic E-state index is 15.1. The van der Waals surface area contributed by atoms with E-state index in [-0.39, 0.29) is 11.5 Å². The van der Waals surface area contributed by atoms with Crippen molar-refractivity contribution in [1.82, 2.24) is 19.9 Å². The molecule has 1 atom stereocenters. The summed E-state index contributed by atoms with van der Waals surface area (Å²) in [5, 5.41) is 3.90. The van der Waals surface area contributed by atoms with Crippen molar-refractivity contribution in [3.05, 3.63) is 52.6 Å². The number of hydrogen-bond acceptors (Lipinski definition) is 7. The van der Waals surface area contributed by atoms with Gasteiger partial charge >= 0.3 is 0 Å². The monoisotopic (exact) mass is 503 g/mol. The third-order valence-electron chi connectivity index (χ3n) is 6.36. The van der Waals surface area contributed by atoms with Gasteiger partial charge in [0.2, 0.25) is 5.88 Å². The molecule has 1 aliphatic heterocycles. The van der Waals surface area contributed by atoms with Gasteiger partial charge < -0.3 is 19.7 Å². The van der Waals surface area contributed by atoms with E-state index in [9.17, 15) is 8.78 Å². The largest absolute Gasteiger partial charge is 0.481 e. The number of nitrogens with zero attached hydrogens (tertiary/aromatic N) is 4. The molecule has 10 heteroatoms. The number of halogens is 3. The molecule has 0 saturated carbocycles. The normalized spacial score (nSPS) is 15.9. The summed E-state index contributed by atoms with van der Waals surface area (Å²) in [4.78, 5) is 16.0. The molecular formula is C26H32F3N5O2. The number of alkyl halides is 2. The lowest BCUT2D eigenvalue weighted by molar-refractivity contribution is 0.0136. The Labute approximate surface area is 209 Å². The van der Waals surface area contributed by atoms with Gasteiger partial charge in [0, 0.05) is 31.3 Å². The molecule has 0 aliphatic carbocycles. The van der Waals surface area contributed by atoms with E-state index in [1.165, 1.54) is 12.1 Å². The van der Waals surface area contributed by atoms with Gasteiger partial charge in [-0.25, -0.2) is 23.1 Å². The second-order valence-electron chi connectivity index (χ2n) is 9.53. The smallest absolute Gasteiger partial charge is 0.273 e. The zero-order chi connectivity index (χ0) is 26.0. The topological polar surface area (TPSA) is 72.4 Å². The average Bonchev–Trinajstić information content (AvgIpc) is 2.82. The molecule has 194 valence electrons. The fourth-order valence-electron chi connectivity index (χ4n) is 4.53. The fourth-order valence-corrected chi connectivity index (χ4v) is 4.53. The summed E-state index contributed by atoms with van der Waals surface area (Å²) in [6.07, 6.45) is 1.68. The Morgan fingerprint density at radius 1 is 1.19 bits per heavy atom. The van der Waals surface area contributed by atoms with Gasteiger partial charge in [0.05, 0.1) is 30.6 Å². The van der Waals surface area contributed by atoms with Crippen molar-refractivity contribution < 1.29 is 22.6 Å². The van der Waals surface area contributed by atoms with Gasteiger partial charge in [-0.1, -0.05) is 18.2 Å². The maximum Gasteiger partial charge on any atom is 0.273 e. The van der Waals surface area contributed by atoms with Crippen molar-refractivity contribution in [1.29, 1.82) is 0 Å². The number of nitrogens with one attached hydrogen (secondary N) is 1. The van der Waals surface area contributed by atoms with Gasteiger partial charge in [-0.15, -0.1) is 0 Å². The van der Waals surface area contributed by atoms with E-state index in [4.69, 9.17) is 19.4 Å². The minimum absolute atomic E-state index is 0.126. The van der Waals surface area contributed by atoms with E-state index >= 15 is 4.39 Å². The van der Waals surface area contributed by atoms with Gasteiger partial charge in [0.15, 0.2) is 5.65 Å². The molecule has 0 amide bonds. The summed E-state index contributed by atoms with van der Waals surface area (Å²) < 4.78 is 54.1. The lowest BCUT2D eigenvalue weighted by Crippen LogP contribution is -2.18. The first-order valence-corrected chi connectivity index (χ1v) is 12.0. The Kier molecular flexibility index (Phi) is 7.65. The minimum atomic E-state index is -3.29. The van der Waals surface area contributed by atoms with Crippen molar-refractivity contribution in [2.75, 3.05) is 39.7 Å². The van der Waals surface area contributed by atoms with Gasteiger partial charge in [0.1, 0.15) is 17.5 Å². The second kappa shape index (κ2) is 10.6. The van der Waals surface area contributed by atoms with Crippen LogP contribution in [-0.4, -0.2) is 54.3 Å². The van der Waals surface area contributed by atoms with E-state index in [1.54, 1.807) is 14.0 Å². The Hall–Kier alpha value is -2.98. The van der Waals surface area contributed by atoms with Crippen LogP contribution in [0.15, 0.2) is 24.3 Å². The number of benzene rings is 1. The second-order valence-corrected chi connectivity index (χ2v) is 9.53. The first-order chi connectivity index (χ1) is 17.1. The molecule has 1 fully saturated rings. The highest BCUT2D eigenvalue weighted by Crippen LogP contribution is 2.37. The summed E-state index contributed by atoms with van der Waals surface area (Å²) in [6.45, 7) is 4.17. The summed E-state index contributed by atoms with van der Waals surface area (Å²) in [7, 11) is 5.38. The lowest BCUT2D eigenvalue weighted by Gasteiger charge is -2.24. The van der Waals surface area contributed by atoms with Crippen LogP contribution in [0.4, 0.5) is 19.0 Å². The molecule has 1 aromatic carbocycles. The highest BCUT2D eigenvalue weighted by Gasteiger charge is 2.30. The molecule has 1 N–H and O–H groups in total. The van der Waals surface area contributed by atoms with E-state index in [0.717, 1.165) is 24.5 Å². The van der Waals surface area contributed by atoms with Gasteiger partial charge in [-0.05, 0) is 45.8 Å². The summed E-state index contributed by atoms with van der Waals surface area (Å²) >= 11 is 0. The molecule has 36 heavy (non-hydrogen) atoms. The van der Waals surface area contributed by atoms with Crippen molar-refractivity contribution >= 4 is 16.9 Å². The Morgan fingerprint density at radius 2 is 1.92 bits per heavy atom.